The number of thiazole rings is 1. The number of nitrogens with one attached hydrogen (secondary N) is 1. The summed E-state index contributed by atoms with van der Waals surface area (Å²) in [6.45, 7) is 8.71. The van der Waals surface area contributed by atoms with Crippen LogP contribution in [0.5, 0.6) is 0 Å². The SMILES string of the molecule is CC(C)c1ccc(/C=N/N=C(\N)SCc2csc(N/N=C/c3ccc(C(C)C)cc3)n2)cc1. The van der Waals surface area contributed by atoms with Crippen LogP contribution in [0.1, 0.15) is 67.5 Å². The van der Waals surface area contributed by atoms with E-state index in [2.05, 4.69) is 89.8 Å². The summed E-state index contributed by atoms with van der Waals surface area (Å²) in [5, 5.41) is 15.5. The number of anilines is 1. The predicted molar refractivity (Wildman–Crippen MR) is 145 cm³/mol. The maximum Gasteiger partial charge on any atom is 0.203 e. The molecule has 0 atom stereocenters. The number of aromatic nitrogens is 1. The van der Waals surface area contributed by atoms with Crippen molar-refractivity contribution in [2.45, 2.75) is 45.3 Å². The molecular weight excluding hydrogens is 448 g/mol. The van der Waals surface area contributed by atoms with Crippen molar-refractivity contribution in [1.82, 2.24) is 4.98 Å². The minimum absolute atomic E-state index is 0.399. The molecule has 0 aliphatic rings. The number of hydrazone groups is 1. The van der Waals surface area contributed by atoms with Crippen LogP contribution in [0.4, 0.5) is 5.13 Å². The van der Waals surface area contributed by atoms with Crippen molar-refractivity contribution in [1.29, 1.82) is 0 Å². The topological polar surface area (TPSA) is 88.0 Å². The van der Waals surface area contributed by atoms with Gasteiger partial charge in [0.15, 0.2) is 5.17 Å². The van der Waals surface area contributed by atoms with Crippen LogP contribution in [0.15, 0.2) is 69.2 Å². The summed E-state index contributed by atoms with van der Waals surface area (Å²) in [7, 11) is 0. The average molecular weight is 479 g/mol. The molecule has 0 spiro atoms. The van der Waals surface area contributed by atoms with Gasteiger partial charge in [-0.3, -0.25) is 5.43 Å². The molecule has 8 heteroatoms. The van der Waals surface area contributed by atoms with Crippen LogP contribution in [0.3, 0.4) is 0 Å². The summed E-state index contributed by atoms with van der Waals surface area (Å²) < 4.78 is 0. The third-order valence-corrected chi connectivity index (χ3v) is 6.48. The number of amidine groups is 1. The van der Waals surface area contributed by atoms with E-state index >= 15 is 0 Å². The maximum absolute atomic E-state index is 5.97. The molecule has 3 rings (SSSR count). The van der Waals surface area contributed by atoms with Gasteiger partial charge < -0.3 is 5.73 Å². The summed E-state index contributed by atoms with van der Waals surface area (Å²) >= 11 is 2.90. The van der Waals surface area contributed by atoms with Gasteiger partial charge in [-0.1, -0.05) is 88.0 Å². The van der Waals surface area contributed by atoms with Crippen LogP contribution in [-0.2, 0) is 5.75 Å². The number of benzene rings is 2. The van der Waals surface area contributed by atoms with E-state index in [4.69, 9.17) is 5.73 Å². The standard InChI is InChI=1S/C25H30N6S2/c1-17(2)21-9-5-19(6-10-21)13-27-30-24(26)32-15-23-16-33-25(29-23)31-28-14-20-7-11-22(12-8-20)18(3)4/h5-14,16-18H,15H2,1-4H3,(H2,26,30)(H,29,31)/b27-13+,28-14+. The molecule has 33 heavy (non-hydrogen) atoms. The second kappa shape index (κ2) is 12.3. The van der Waals surface area contributed by atoms with Gasteiger partial charge in [0, 0.05) is 11.1 Å². The number of thioether (sulfide) groups is 1. The van der Waals surface area contributed by atoms with E-state index < -0.39 is 0 Å². The Bertz CT molecular complexity index is 1100. The molecule has 0 saturated heterocycles. The molecule has 0 fully saturated rings. The van der Waals surface area contributed by atoms with Gasteiger partial charge in [-0.15, -0.1) is 16.4 Å². The summed E-state index contributed by atoms with van der Waals surface area (Å²) in [6.07, 6.45) is 3.50. The van der Waals surface area contributed by atoms with Crippen molar-refractivity contribution in [3.05, 3.63) is 81.9 Å². The summed E-state index contributed by atoms with van der Waals surface area (Å²) in [6, 6.07) is 16.7. The summed E-state index contributed by atoms with van der Waals surface area (Å²) in [4.78, 5) is 4.52. The quantitative estimate of drug-likeness (QED) is 0.211. The molecule has 0 unspecified atom stereocenters. The van der Waals surface area contributed by atoms with E-state index in [1.165, 1.54) is 34.2 Å². The first kappa shape index (κ1) is 24.7. The van der Waals surface area contributed by atoms with Crippen LogP contribution >= 0.6 is 23.1 Å². The molecule has 0 aliphatic heterocycles. The molecule has 3 N–H and O–H groups in total. The van der Waals surface area contributed by atoms with E-state index in [0.29, 0.717) is 22.8 Å². The molecule has 0 saturated carbocycles. The van der Waals surface area contributed by atoms with Crippen molar-refractivity contribution in [3.8, 4) is 0 Å². The zero-order chi connectivity index (χ0) is 23.6. The van der Waals surface area contributed by atoms with Gasteiger partial charge in [0.25, 0.3) is 0 Å². The Hall–Kier alpha value is -2.97. The van der Waals surface area contributed by atoms with Crippen LogP contribution in [0.2, 0.25) is 0 Å². The third-order valence-electron chi connectivity index (χ3n) is 4.86. The Morgan fingerprint density at radius 1 is 0.970 bits per heavy atom. The van der Waals surface area contributed by atoms with E-state index in [0.717, 1.165) is 22.0 Å². The zero-order valence-electron chi connectivity index (χ0n) is 19.4. The smallest absolute Gasteiger partial charge is 0.203 e. The molecule has 1 heterocycles. The molecule has 3 aromatic rings. The monoisotopic (exact) mass is 478 g/mol. The highest BCUT2D eigenvalue weighted by Gasteiger charge is 2.03. The fraction of sp³-hybridized carbons (Fsp3) is 0.280. The molecular formula is C25H30N6S2. The summed E-state index contributed by atoms with van der Waals surface area (Å²) in [5.41, 5.74) is 14.5. The summed E-state index contributed by atoms with van der Waals surface area (Å²) in [5.74, 6) is 1.65. The Morgan fingerprint density at radius 2 is 1.55 bits per heavy atom. The Kier molecular flexibility index (Phi) is 9.21. The molecule has 0 aliphatic carbocycles. The first-order chi connectivity index (χ1) is 15.9. The lowest BCUT2D eigenvalue weighted by atomic mass is 10.0. The van der Waals surface area contributed by atoms with Gasteiger partial charge >= 0.3 is 0 Å². The Labute approximate surface area is 204 Å². The molecule has 172 valence electrons. The molecule has 1 aromatic heterocycles. The normalized spacial score (nSPS) is 12.5. The van der Waals surface area contributed by atoms with E-state index in [9.17, 15) is 0 Å². The van der Waals surface area contributed by atoms with Crippen molar-refractivity contribution >= 4 is 45.8 Å². The van der Waals surface area contributed by atoms with Gasteiger partial charge in [0.2, 0.25) is 5.13 Å². The highest BCUT2D eigenvalue weighted by atomic mass is 32.2. The number of hydrogen-bond acceptors (Lipinski definition) is 7. The molecule has 0 radical (unpaired) electrons. The lowest BCUT2D eigenvalue weighted by molar-refractivity contribution is 0.866. The van der Waals surface area contributed by atoms with Gasteiger partial charge in [-0.2, -0.15) is 10.2 Å². The molecule has 2 aromatic carbocycles. The first-order valence-electron chi connectivity index (χ1n) is 10.8. The molecule has 6 nitrogen and oxygen atoms in total. The van der Waals surface area contributed by atoms with E-state index in [1.54, 1.807) is 12.4 Å². The number of hydrogen-bond donors (Lipinski definition) is 2. The van der Waals surface area contributed by atoms with Crippen LogP contribution < -0.4 is 11.2 Å². The first-order valence-corrected chi connectivity index (χ1v) is 12.7. The average Bonchev–Trinajstić information content (AvgIpc) is 3.26. The predicted octanol–water partition coefficient (Wildman–Crippen LogP) is 6.42. The molecule has 0 bridgehead atoms. The minimum Gasteiger partial charge on any atom is -0.377 e. The van der Waals surface area contributed by atoms with Crippen LogP contribution in [-0.4, -0.2) is 22.6 Å². The molecule has 0 amide bonds. The van der Waals surface area contributed by atoms with Crippen molar-refractivity contribution in [2.75, 3.05) is 5.43 Å². The zero-order valence-corrected chi connectivity index (χ0v) is 21.0. The van der Waals surface area contributed by atoms with E-state index in [-0.39, 0.29) is 0 Å². The highest BCUT2D eigenvalue weighted by molar-refractivity contribution is 8.13. The highest BCUT2D eigenvalue weighted by Crippen LogP contribution is 2.20. The van der Waals surface area contributed by atoms with Gasteiger partial charge in [-0.25, -0.2) is 4.98 Å². The van der Waals surface area contributed by atoms with Gasteiger partial charge in [-0.05, 0) is 34.1 Å². The fourth-order valence-corrected chi connectivity index (χ4v) is 4.16. The Balaban J connectivity index is 1.44. The van der Waals surface area contributed by atoms with Crippen LogP contribution in [0, 0.1) is 0 Å². The van der Waals surface area contributed by atoms with E-state index in [1.807, 2.05) is 17.5 Å². The van der Waals surface area contributed by atoms with Crippen molar-refractivity contribution in [3.63, 3.8) is 0 Å². The second-order valence-corrected chi connectivity index (χ2v) is 9.98. The Morgan fingerprint density at radius 3 is 2.12 bits per heavy atom. The number of nitrogens with zero attached hydrogens (tertiary/aromatic N) is 4. The van der Waals surface area contributed by atoms with Gasteiger partial charge in [0.05, 0.1) is 18.1 Å². The maximum atomic E-state index is 5.97. The lowest BCUT2D eigenvalue weighted by Gasteiger charge is -2.04. The lowest BCUT2D eigenvalue weighted by Crippen LogP contribution is -2.06. The van der Waals surface area contributed by atoms with Crippen LogP contribution in [0.25, 0.3) is 0 Å². The second-order valence-electron chi connectivity index (χ2n) is 8.13. The number of nitrogens with two attached hydrogens (primary N) is 1. The largest absolute Gasteiger partial charge is 0.377 e. The third kappa shape index (κ3) is 8.14. The fourth-order valence-electron chi connectivity index (χ4n) is 2.85. The van der Waals surface area contributed by atoms with Crippen molar-refractivity contribution in [2.24, 2.45) is 21.0 Å². The van der Waals surface area contributed by atoms with Crippen molar-refractivity contribution < 1.29 is 0 Å². The van der Waals surface area contributed by atoms with Gasteiger partial charge in [0.1, 0.15) is 0 Å². The minimum atomic E-state index is 0.399. The number of rotatable bonds is 9.